The minimum atomic E-state index is -0.118. The highest BCUT2D eigenvalue weighted by atomic mass is 35.5. The molecule has 17 heavy (non-hydrogen) atoms. The average Bonchev–Trinajstić information content (AvgIpc) is 2.27. The van der Waals surface area contributed by atoms with Crippen molar-refractivity contribution in [3.05, 3.63) is 34.9 Å². The van der Waals surface area contributed by atoms with Gasteiger partial charge in [-0.25, -0.2) is 0 Å². The van der Waals surface area contributed by atoms with Gasteiger partial charge in [0.15, 0.2) is 5.96 Å². The third-order valence-electron chi connectivity index (χ3n) is 2.24. The normalized spacial score (nSPS) is 9.76. The van der Waals surface area contributed by atoms with Gasteiger partial charge in [-0.15, -0.1) is 0 Å². The van der Waals surface area contributed by atoms with Crippen molar-refractivity contribution in [2.24, 2.45) is 16.5 Å². The number of hydrogen-bond acceptors (Lipinski definition) is 1. The Balaban J connectivity index is 2.81. The molecule has 5 N–H and O–H groups in total. The summed E-state index contributed by atoms with van der Waals surface area (Å²) in [6.07, 6.45) is 0. The zero-order valence-electron chi connectivity index (χ0n) is 9.65. The minimum absolute atomic E-state index is 0.0346. The molecule has 0 heterocycles. The van der Waals surface area contributed by atoms with Gasteiger partial charge in [0.2, 0.25) is 5.96 Å². The lowest BCUT2D eigenvalue weighted by atomic mass is 10.2. The molecular weight excluding hydrogens is 238 g/mol. The fourth-order valence-electron chi connectivity index (χ4n) is 1.36. The first-order chi connectivity index (χ1) is 8.04. The molecular formula is C11H16ClN5. The second kappa shape index (κ2) is 6.10. The van der Waals surface area contributed by atoms with E-state index in [1.807, 2.05) is 31.2 Å². The summed E-state index contributed by atoms with van der Waals surface area (Å²) in [7, 11) is 0. The molecule has 0 aromatic heterocycles. The van der Waals surface area contributed by atoms with Gasteiger partial charge < -0.3 is 16.4 Å². The lowest BCUT2D eigenvalue weighted by Gasteiger charge is -2.21. The van der Waals surface area contributed by atoms with Crippen LogP contribution in [0.15, 0.2) is 29.3 Å². The summed E-state index contributed by atoms with van der Waals surface area (Å²) in [4.78, 5) is 5.44. The van der Waals surface area contributed by atoms with Crippen LogP contribution in [0.1, 0.15) is 12.5 Å². The first-order valence-corrected chi connectivity index (χ1v) is 5.59. The van der Waals surface area contributed by atoms with E-state index in [1.165, 1.54) is 0 Å². The monoisotopic (exact) mass is 253 g/mol. The lowest BCUT2D eigenvalue weighted by Crippen LogP contribution is -2.32. The van der Waals surface area contributed by atoms with Crippen LogP contribution >= 0.6 is 11.6 Å². The number of nitrogens with zero attached hydrogens (tertiary/aromatic N) is 2. The second-order valence-corrected chi connectivity index (χ2v) is 3.87. The highest BCUT2D eigenvalue weighted by Gasteiger charge is 2.09. The number of halogens is 1. The van der Waals surface area contributed by atoms with Gasteiger partial charge >= 0.3 is 0 Å². The Kier molecular flexibility index (Phi) is 4.78. The van der Waals surface area contributed by atoms with Crippen molar-refractivity contribution in [3.8, 4) is 0 Å². The van der Waals surface area contributed by atoms with E-state index in [2.05, 4.69) is 4.99 Å². The van der Waals surface area contributed by atoms with Crippen molar-refractivity contribution >= 4 is 23.5 Å². The molecule has 1 rings (SSSR count). The van der Waals surface area contributed by atoms with Crippen molar-refractivity contribution in [1.82, 2.24) is 4.90 Å². The maximum Gasteiger partial charge on any atom is 0.221 e. The number of aliphatic imine (C=N–C) groups is 1. The summed E-state index contributed by atoms with van der Waals surface area (Å²) < 4.78 is 0. The number of nitrogens with two attached hydrogens (primary N) is 2. The van der Waals surface area contributed by atoms with Crippen molar-refractivity contribution in [3.63, 3.8) is 0 Å². The molecule has 0 unspecified atom stereocenters. The van der Waals surface area contributed by atoms with Gasteiger partial charge in [-0.1, -0.05) is 29.8 Å². The van der Waals surface area contributed by atoms with Crippen molar-refractivity contribution < 1.29 is 0 Å². The molecule has 0 aliphatic heterocycles. The van der Waals surface area contributed by atoms with E-state index in [1.54, 1.807) is 4.90 Å². The Morgan fingerprint density at radius 1 is 1.41 bits per heavy atom. The highest BCUT2D eigenvalue weighted by Crippen LogP contribution is 2.17. The summed E-state index contributed by atoms with van der Waals surface area (Å²) in [5.74, 6) is -0.0833. The molecule has 0 fully saturated rings. The molecule has 0 saturated carbocycles. The molecule has 0 aliphatic carbocycles. The molecule has 92 valence electrons. The number of guanidine groups is 2. The molecule has 0 bridgehead atoms. The van der Waals surface area contributed by atoms with Crippen LogP contribution in [0.3, 0.4) is 0 Å². The Morgan fingerprint density at radius 3 is 2.59 bits per heavy atom. The third-order valence-corrected chi connectivity index (χ3v) is 2.60. The van der Waals surface area contributed by atoms with E-state index in [9.17, 15) is 0 Å². The summed E-state index contributed by atoms with van der Waals surface area (Å²) in [5, 5.41) is 8.40. The van der Waals surface area contributed by atoms with Gasteiger partial charge in [-0.3, -0.25) is 5.41 Å². The molecule has 1 aromatic carbocycles. The first kappa shape index (κ1) is 13.3. The molecule has 0 amide bonds. The summed E-state index contributed by atoms with van der Waals surface area (Å²) >= 11 is 6.05. The first-order valence-electron chi connectivity index (χ1n) is 5.21. The molecule has 0 aliphatic rings. The Labute approximate surface area is 106 Å². The molecule has 0 radical (unpaired) electrons. The van der Waals surface area contributed by atoms with Crippen LogP contribution in [-0.4, -0.2) is 23.4 Å². The lowest BCUT2D eigenvalue weighted by molar-refractivity contribution is 0.428. The number of nitrogens with one attached hydrogen (secondary N) is 1. The Bertz CT molecular complexity index is 426. The van der Waals surface area contributed by atoms with E-state index in [0.717, 1.165) is 5.56 Å². The van der Waals surface area contributed by atoms with Gasteiger partial charge in [0, 0.05) is 18.1 Å². The van der Waals surface area contributed by atoms with Gasteiger partial charge in [0.05, 0.1) is 0 Å². The molecule has 5 nitrogen and oxygen atoms in total. The van der Waals surface area contributed by atoms with Crippen molar-refractivity contribution in [2.75, 3.05) is 6.54 Å². The van der Waals surface area contributed by atoms with Crippen molar-refractivity contribution in [1.29, 1.82) is 5.41 Å². The predicted octanol–water partition coefficient (Wildman–Crippen LogP) is 1.37. The molecule has 6 heteroatoms. The number of hydrogen-bond donors (Lipinski definition) is 3. The number of rotatable bonds is 3. The van der Waals surface area contributed by atoms with E-state index in [4.69, 9.17) is 28.5 Å². The zero-order valence-corrected chi connectivity index (χ0v) is 10.4. The van der Waals surface area contributed by atoms with Crippen LogP contribution in [-0.2, 0) is 6.54 Å². The maximum atomic E-state index is 7.73. The quantitative estimate of drug-likeness (QED) is 0.561. The average molecular weight is 254 g/mol. The standard InChI is InChI=1S/C11H16ClN5/c1-2-17(11(15)16-10(13)14)7-8-5-3-4-6-9(8)12/h3-6H,2,7H2,1H3,(H5,13,14,15,16). The largest absolute Gasteiger partial charge is 0.370 e. The molecule has 0 atom stereocenters. The summed E-state index contributed by atoms with van der Waals surface area (Å²) in [5.41, 5.74) is 11.4. The van der Waals surface area contributed by atoms with Crippen LogP contribution in [0, 0.1) is 5.41 Å². The summed E-state index contributed by atoms with van der Waals surface area (Å²) in [6.45, 7) is 3.06. The van der Waals surface area contributed by atoms with E-state index >= 15 is 0 Å². The SMILES string of the molecule is CCN(Cc1ccccc1Cl)C(=N)N=C(N)N. The molecule has 0 saturated heterocycles. The predicted molar refractivity (Wildman–Crippen MR) is 71.1 cm³/mol. The van der Waals surface area contributed by atoms with Gasteiger partial charge in [0.25, 0.3) is 0 Å². The van der Waals surface area contributed by atoms with E-state index in [-0.39, 0.29) is 11.9 Å². The molecule has 0 spiro atoms. The fraction of sp³-hybridized carbons (Fsp3) is 0.273. The second-order valence-electron chi connectivity index (χ2n) is 3.47. The van der Waals surface area contributed by atoms with Gasteiger partial charge in [-0.05, 0) is 18.6 Å². The number of benzene rings is 1. The smallest absolute Gasteiger partial charge is 0.221 e. The highest BCUT2D eigenvalue weighted by molar-refractivity contribution is 6.31. The van der Waals surface area contributed by atoms with Crippen LogP contribution in [0.5, 0.6) is 0 Å². The third kappa shape index (κ3) is 3.96. The van der Waals surface area contributed by atoms with Crippen LogP contribution in [0.25, 0.3) is 0 Å². The van der Waals surface area contributed by atoms with E-state index < -0.39 is 0 Å². The topological polar surface area (TPSA) is 91.5 Å². The van der Waals surface area contributed by atoms with Crippen LogP contribution in [0.2, 0.25) is 5.02 Å². The minimum Gasteiger partial charge on any atom is -0.370 e. The van der Waals surface area contributed by atoms with Crippen molar-refractivity contribution in [2.45, 2.75) is 13.5 Å². The summed E-state index contributed by atoms with van der Waals surface area (Å²) in [6, 6.07) is 7.49. The van der Waals surface area contributed by atoms with Crippen LogP contribution < -0.4 is 11.5 Å². The zero-order chi connectivity index (χ0) is 12.8. The van der Waals surface area contributed by atoms with Gasteiger partial charge in [0.1, 0.15) is 0 Å². The van der Waals surface area contributed by atoms with Gasteiger partial charge in [-0.2, -0.15) is 4.99 Å². The van der Waals surface area contributed by atoms with Crippen LogP contribution in [0.4, 0.5) is 0 Å². The molecule has 1 aromatic rings. The Hall–Kier alpha value is -1.75. The fourth-order valence-corrected chi connectivity index (χ4v) is 1.56. The Morgan fingerprint density at radius 2 is 2.06 bits per heavy atom. The van der Waals surface area contributed by atoms with E-state index in [0.29, 0.717) is 18.1 Å². The maximum absolute atomic E-state index is 7.73.